The first-order chi connectivity index (χ1) is 11.5. The number of urea groups is 1. The van der Waals surface area contributed by atoms with Crippen molar-refractivity contribution in [2.75, 3.05) is 5.32 Å². The Balaban J connectivity index is 2.04. The van der Waals surface area contributed by atoms with Crippen molar-refractivity contribution in [3.05, 3.63) is 64.7 Å². The molecule has 3 rings (SSSR count). The van der Waals surface area contributed by atoms with Gasteiger partial charge in [-0.1, -0.05) is 30.3 Å². The lowest BCUT2D eigenvalue weighted by Crippen LogP contribution is -2.20. The molecule has 24 heavy (non-hydrogen) atoms. The van der Waals surface area contributed by atoms with E-state index >= 15 is 0 Å². The van der Waals surface area contributed by atoms with E-state index in [2.05, 4.69) is 15.5 Å². The zero-order chi connectivity index (χ0) is 17.1. The molecule has 9 nitrogen and oxygen atoms in total. The smallest absolute Gasteiger partial charge is 0.317 e. The quantitative estimate of drug-likeness (QED) is 0.562. The third kappa shape index (κ3) is 3.04. The molecule has 0 unspecified atom stereocenters. The average Bonchev–Trinajstić information content (AvgIpc) is 2.99. The van der Waals surface area contributed by atoms with Crippen LogP contribution in [0.1, 0.15) is 0 Å². The highest BCUT2D eigenvalue weighted by Gasteiger charge is 2.16. The number of rotatable bonds is 4. The number of carbonyl (C=O) groups excluding carboxylic acids is 1. The number of primary amides is 1. The lowest BCUT2D eigenvalue weighted by molar-refractivity contribution is -0.384. The highest BCUT2D eigenvalue weighted by molar-refractivity contribution is 5.90. The molecule has 0 aliphatic carbocycles. The number of non-ortho nitro benzene ring substituents is 1. The average molecular weight is 324 g/mol. The molecule has 2 aromatic carbocycles. The van der Waals surface area contributed by atoms with Crippen LogP contribution in [0.5, 0.6) is 0 Å². The molecule has 0 saturated heterocycles. The molecule has 0 bridgehead atoms. The predicted molar refractivity (Wildman–Crippen MR) is 86.7 cm³/mol. The second-order valence-electron chi connectivity index (χ2n) is 4.82. The zero-order valence-electron chi connectivity index (χ0n) is 12.3. The van der Waals surface area contributed by atoms with Crippen LogP contribution in [0.3, 0.4) is 0 Å². The summed E-state index contributed by atoms with van der Waals surface area (Å²) in [4.78, 5) is 22.7. The third-order valence-corrected chi connectivity index (χ3v) is 3.19. The molecule has 0 aliphatic heterocycles. The van der Waals surface area contributed by atoms with Crippen molar-refractivity contribution >= 4 is 17.5 Å². The van der Waals surface area contributed by atoms with Gasteiger partial charge in [-0.15, -0.1) is 15.0 Å². The number of nitrogens with one attached hydrogen (secondary N) is 1. The number of nitrogens with zero attached hydrogens (tertiary/aromatic N) is 4. The highest BCUT2D eigenvalue weighted by atomic mass is 16.6. The number of benzene rings is 2. The summed E-state index contributed by atoms with van der Waals surface area (Å²) in [5.41, 5.74) is 6.83. The summed E-state index contributed by atoms with van der Waals surface area (Å²) in [5, 5.41) is 21.7. The Hall–Kier alpha value is -3.75. The SMILES string of the molecule is NC(=O)Nc1nn(-c2ccc([N+](=O)[O-])cc2)nc1-c1ccccc1. The lowest BCUT2D eigenvalue weighted by Gasteiger charge is -1.99. The molecule has 0 aliphatic rings. The summed E-state index contributed by atoms with van der Waals surface area (Å²) in [6, 6.07) is 14.1. The van der Waals surface area contributed by atoms with Crippen molar-refractivity contribution in [1.29, 1.82) is 0 Å². The summed E-state index contributed by atoms with van der Waals surface area (Å²) in [5.74, 6) is 0.201. The van der Waals surface area contributed by atoms with Gasteiger partial charge in [0.15, 0.2) is 5.82 Å². The molecule has 2 amide bonds. The van der Waals surface area contributed by atoms with Gasteiger partial charge in [-0.3, -0.25) is 15.4 Å². The summed E-state index contributed by atoms with van der Waals surface area (Å²) in [7, 11) is 0. The molecule has 0 fully saturated rings. The van der Waals surface area contributed by atoms with Crippen molar-refractivity contribution in [1.82, 2.24) is 15.0 Å². The summed E-state index contributed by atoms with van der Waals surface area (Å²) >= 11 is 0. The van der Waals surface area contributed by atoms with Crippen LogP contribution in [0.4, 0.5) is 16.3 Å². The number of nitro benzene ring substituents is 1. The standard InChI is InChI=1S/C15H12N6O3/c16-15(22)17-14-13(10-4-2-1-3-5-10)18-20(19-14)11-6-8-12(9-7-11)21(23)24/h1-9H,(H3,16,17,19,22). The van der Waals surface area contributed by atoms with E-state index in [9.17, 15) is 14.9 Å². The van der Waals surface area contributed by atoms with Crippen molar-refractivity contribution in [3.63, 3.8) is 0 Å². The predicted octanol–water partition coefficient (Wildman–Crippen LogP) is 2.33. The maximum atomic E-state index is 11.2. The van der Waals surface area contributed by atoms with Gasteiger partial charge in [-0.25, -0.2) is 4.79 Å². The Morgan fingerprint density at radius 3 is 2.33 bits per heavy atom. The molecule has 0 spiro atoms. The van der Waals surface area contributed by atoms with E-state index in [0.717, 1.165) is 5.56 Å². The van der Waals surface area contributed by atoms with E-state index in [1.165, 1.54) is 29.1 Å². The molecular weight excluding hydrogens is 312 g/mol. The molecule has 0 radical (unpaired) electrons. The Bertz CT molecular complexity index is 889. The molecule has 3 aromatic rings. The minimum Gasteiger partial charge on any atom is -0.351 e. The number of carbonyl (C=O) groups is 1. The fraction of sp³-hybridized carbons (Fsp3) is 0. The number of nitro groups is 1. The third-order valence-electron chi connectivity index (χ3n) is 3.19. The van der Waals surface area contributed by atoms with Gasteiger partial charge in [0.25, 0.3) is 5.69 Å². The van der Waals surface area contributed by atoms with Crippen molar-refractivity contribution in [3.8, 4) is 16.9 Å². The zero-order valence-corrected chi connectivity index (χ0v) is 12.3. The van der Waals surface area contributed by atoms with Crippen LogP contribution in [0.25, 0.3) is 16.9 Å². The van der Waals surface area contributed by atoms with Crippen LogP contribution in [0.2, 0.25) is 0 Å². The van der Waals surface area contributed by atoms with Gasteiger partial charge in [0, 0.05) is 17.7 Å². The van der Waals surface area contributed by atoms with Gasteiger partial charge in [0.05, 0.1) is 10.6 Å². The van der Waals surface area contributed by atoms with Crippen molar-refractivity contribution in [2.24, 2.45) is 5.73 Å². The fourth-order valence-electron chi connectivity index (χ4n) is 2.12. The molecule has 1 aromatic heterocycles. The van der Waals surface area contributed by atoms with Crippen LogP contribution in [-0.2, 0) is 0 Å². The molecular formula is C15H12N6O3. The second kappa shape index (κ2) is 6.16. The van der Waals surface area contributed by atoms with E-state index in [1.807, 2.05) is 30.3 Å². The van der Waals surface area contributed by atoms with Gasteiger partial charge >= 0.3 is 6.03 Å². The van der Waals surface area contributed by atoms with Crippen LogP contribution in [0, 0.1) is 10.1 Å². The number of aromatic nitrogens is 3. The first kappa shape index (κ1) is 15.2. The number of hydrogen-bond acceptors (Lipinski definition) is 5. The van der Waals surface area contributed by atoms with E-state index in [4.69, 9.17) is 5.73 Å². The first-order valence-electron chi connectivity index (χ1n) is 6.88. The van der Waals surface area contributed by atoms with Crippen LogP contribution in [0.15, 0.2) is 54.6 Å². The maximum Gasteiger partial charge on any atom is 0.317 e. The Kier molecular flexibility index (Phi) is 3.89. The highest BCUT2D eigenvalue weighted by Crippen LogP contribution is 2.25. The minimum absolute atomic E-state index is 0.0373. The van der Waals surface area contributed by atoms with Crippen molar-refractivity contribution in [2.45, 2.75) is 0 Å². The Morgan fingerprint density at radius 2 is 1.75 bits per heavy atom. The Labute approximate surface area is 135 Å². The minimum atomic E-state index is -0.761. The monoisotopic (exact) mass is 324 g/mol. The summed E-state index contributed by atoms with van der Waals surface area (Å²) in [6.07, 6.45) is 0. The van der Waals surface area contributed by atoms with Gasteiger partial charge in [-0.2, -0.15) is 0 Å². The molecule has 1 heterocycles. The maximum absolute atomic E-state index is 11.2. The van der Waals surface area contributed by atoms with Gasteiger partial charge in [0.1, 0.15) is 5.69 Å². The van der Waals surface area contributed by atoms with Crippen LogP contribution >= 0.6 is 0 Å². The molecule has 120 valence electrons. The lowest BCUT2D eigenvalue weighted by atomic mass is 10.1. The number of nitrogens with two attached hydrogens (primary N) is 1. The summed E-state index contributed by atoms with van der Waals surface area (Å²) < 4.78 is 0. The molecule has 9 heteroatoms. The van der Waals surface area contributed by atoms with Gasteiger partial charge < -0.3 is 5.73 Å². The number of amides is 2. The van der Waals surface area contributed by atoms with Gasteiger partial charge in [0.2, 0.25) is 0 Å². The van der Waals surface area contributed by atoms with Gasteiger partial charge in [-0.05, 0) is 12.1 Å². The first-order valence-corrected chi connectivity index (χ1v) is 6.88. The van der Waals surface area contributed by atoms with Crippen molar-refractivity contribution < 1.29 is 9.72 Å². The largest absolute Gasteiger partial charge is 0.351 e. The molecule has 0 saturated carbocycles. The second-order valence-corrected chi connectivity index (χ2v) is 4.82. The van der Waals surface area contributed by atoms with E-state index < -0.39 is 11.0 Å². The van der Waals surface area contributed by atoms with E-state index in [-0.39, 0.29) is 11.5 Å². The molecule has 3 N–H and O–H groups in total. The van der Waals surface area contributed by atoms with E-state index in [0.29, 0.717) is 11.4 Å². The molecule has 0 atom stereocenters. The van der Waals surface area contributed by atoms with Crippen LogP contribution in [-0.4, -0.2) is 25.9 Å². The Morgan fingerprint density at radius 1 is 1.08 bits per heavy atom. The topological polar surface area (TPSA) is 129 Å². The number of hydrogen-bond donors (Lipinski definition) is 2. The summed E-state index contributed by atoms with van der Waals surface area (Å²) in [6.45, 7) is 0. The van der Waals surface area contributed by atoms with Crippen LogP contribution < -0.4 is 11.1 Å². The fourth-order valence-corrected chi connectivity index (χ4v) is 2.12. The number of anilines is 1. The van der Waals surface area contributed by atoms with E-state index in [1.54, 1.807) is 0 Å². The normalized spacial score (nSPS) is 10.3.